The highest BCUT2D eigenvalue weighted by molar-refractivity contribution is 6.31. The molecule has 0 saturated carbocycles. The molecule has 1 amide bonds. The zero-order valence-electron chi connectivity index (χ0n) is 12.2. The predicted molar refractivity (Wildman–Crippen MR) is 80.3 cm³/mol. The molecule has 0 fully saturated rings. The highest BCUT2D eigenvalue weighted by Crippen LogP contribution is 2.23. The van der Waals surface area contributed by atoms with Gasteiger partial charge in [-0.05, 0) is 38.5 Å². The van der Waals surface area contributed by atoms with Crippen molar-refractivity contribution in [2.45, 2.75) is 46.1 Å². The van der Waals surface area contributed by atoms with E-state index in [0.29, 0.717) is 17.1 Å². The number of rotatable bonds is 4. The average molecular weight is 298 g/mol. The van der Waals surface area contributed by atoms with Crippen LogP contribution in [0.1, 0.15) is 39.7 Å². The summed E-state index contributed by atoms with van der Waals surface area (Å²) in [6, 6.07) is 5.05. The minimum atomic E-state index is -0.581. The van der Waals surface area contributed by atoms with Gasteiger partial charge in [0.2, 0.25) is 0 Å². The summed E-state index contributed by atoms with van der Waals surface area (Å²) < 4.78 is 5.19. The number of ketones is 1. The van der Waals surface area contributed by atoms with Gasteiger partial charge in [-0.15, -0.1) is 0 Å². The van der Waals surface area contributed by atoms with Gasteiger partial charge in [0, 0.05) is 23.6 Å². The van der Waals surface area contributed by atoms with Crippen LogP contribution in [0.3, 0.4) is 0 Å². The van der Waals surface area contributed by atoms with Gasteiger partial charge in [-0.3, -0.25) is 10.1 Å². The van der Waals surface area contributed by atoms with Crippen LogP contribution in [0, 0.1) is 0 Å². The van der Waals surface area contributed by atoms with Gasteiger partial charge in [0.05, 0.1) is 0 Å². The molecular formula is C15H20ClNO3. The molecule has 0 bridgehead atoms. The topological polar surface area (TPSA) is 55.4 Å². The summed E-state index contributed by atoms with van der Waals surface area (Å²) in [4.78, 5) is 23.3. The minimum Gasteiger partial charge on any atom is -0.444 e. The zero-order valence-corrected chi connectivity index (χ0v) is 13.0. The first-order chi connectivity index (χ1) is 9.21. The van der Waals surface area contributed by atoms with Crippen molar-refractivity contribution in [2.24, 2.45) is 0 Å². The Labute approximate surface area is 124 Å². The Morgan fingerprint density at radius 1 is 1.30 bits per heavy atom. The molecule has 1 rings (SSSR count). The van der Waals surface area contributed by atoms with Crippen molar-refractivity contribution in [3.05, 3.63) is 28.8 Å². The zero-order chi connectivity index (χ0) is 15.3. The molecule has 0 unspecified atom stereocenters. The molecule has 0 aromatic heterocycles. The molecule has 4 nitrogen and oxygen atoms in total. The minimum absolute atomic E-state index is 0.0968. The maximum Gasteiger partial charge on any atom is 0.412 e. The third-order valence-electron chi connectivity index (χ3n) is 2.49. The predicted octanol–water partition coefficient (Wildman–Crippen LogP) is 4.21. The lowest BCUT2D eigenvalue weighted by Crippen LogP contribution is -2.27. The molecule has 1 N–H and O–H groups in total. The van der Waals surface area contributed by atoms with Gasteiger partial charge in [0.25, 0.3) is 0 Å². The van der Waals surface area contributed by atoms with Gasteiger partial charge in [-0.25, -0.2) is 4.79 Å². The van der Waals surface area contributed by atoms with Gasteiger partial charge >= 0.3 is 6.09 Å². The molecular weight excluding hydrogens is 278 g/mol. The van der Waals surface area contributed by atoms with E-state index in [1.165, 1.54) is 0 Å². The number of carbonyl (C=O) groups excluding carboxylic acids is 2. The first kappa shape index (κ1) is 16.5. The number of halogens is 1. The molecule has 1 aromatic carbocycles. The van der Waals surface area contributed by atoms with E-state index >= 15 is 0 Å². The van der Waals surface area contributed by atoms with E-state index in [1.54, 1.807) is 45.9 Å². The Kier molecular flexibility index (Phi) is 5.57. The van der Waals surface area contributed by atoms with Crippen LogP contribution in [-0.4, -0.2) is 17.5 Å². The van der Waals surface area contributed by atoms with E-state index in [-0.39, 0.29) is 12.2 Å². The van der Waals surface area contributed by atoms with Crippen LogP contribution in [0.4, 0.5) is 10.5 Å². The van der Waals surface area contributed by atoms with E-state index in [2.05, 4.69) is 5.32 Å². The van der Waals surface area contributed by atoms with Gasteiger partial charge < -0.3 is 4.74 Å². The largest absolute Gasteiger partial charge is 0.444 e. The lowest BCUT2D eigenvalue weighted by Gasteiger charge is -2.20. The van der Waals surface area contributed by atoms with E-state index in [0.717, 1.165) is 5.56 Å². The van der Waals surface area contributed by atoms with E-state index < -0.39 is 11.7 Å². The van der Waals surface area contributed by atoms with Crippen molar-refractivity contribution in [1.82, 2.24) is 0 Å². The highest BCUT2D eigenvalue weighted by Gasteiger charge is 2.17. The van der Waals surface area contributed by atoms with Gasteiger partial charge in [-0.2, -0.15) is 0 Å². The van der Waals surface area contributed by atoms with Crippen molar-refractivity contribution < 1.29 is 14.3 Å². The average Bonchev–Trinajstić information content (AvgIpc) is 2.29. The van der Waals surface area contributed by atoms with Crippen molar-refractivity contribution in [3.8, 4) is 0 Å². The number of hydrogen-bond acceptors (Lipinski definition) is 3. The molecule has 0 radical (unpaired) electrons. The second kappa shape index (κ2) is 6.75. The number of amides is 1. The smallest absolute Gasteiger partial charge is 0.412 e. The summed E-state index contributed by atoms with van der Waals surface area (Å²) in [5.41, 5.74) is 0.655. The Morgan fingerprint density at radius 2 is 1.95 bits per heavy atom. The number of nitrogens with one attached hydrogen (secondary N) is 1. The monoisotopic (exact) mass is 297 g/mol. The Hall–Kier alpha value is -1.55. The quantitative estimate of drug-likeness (QED) is 0.905. The summed E-state index contributed by atoms with van der Waals surface area (Å²) in [5.74, 6) is 0.0968. The number of Topliss-reactive ketones (excluding diaryl/α,β-unsaturated/α-hetero) is 1. The van der Waals surface area contributed by atoms with Crippen LogP contribution in [0.5, 0.6) is 0 Å². The normalized spacial score (nSPS) is 11.1. The third-order valence-corrected chi connectivity index (χ3v) is 2.72. The fourth-order valence-electron chi connectivity index (χ4n) is 1.57. The number of anilines is 1. The molecule has 0 atom stereocenters. The lowest BCUT2D eigenvalue weighted by molar-refractivity contribution is -0.118. The number of carbonyl (C=O) groups is 2. The highest BCUT2D eigenvalue weighted by atomic mass is 35.5. The van der Waals surface area contributed by atoms with Crippen molar-refractivity contribution in [2.75, 3.05) is 5.32 Å². The molecule has 0 aliphatic heterocycles. The molecule has 0 aliphatic carbocycles. The van der Waals surface area contributed by atoms with E-state index in [1.807, 2.05) is 0 Å². The van der Waals surface area contributed by atoms with Crippen LogP contribution in [0.25, 0.3) is 0 Å². The molecule has 110 valence electrons. The van der Waals surface area contributed by atoms with Gasteiger partial charge in [0.15, 0.2) is 0 Å². The Balaban J connectivity index is 2.89. The maximum atomic E-state index is 11.8. The molecule has 1 aromatic rings. The summed E-state index contributed by atoms with van der Waals surface area (Å²) in [7, 11) is 0. The summed E-state index contributed by atoms with van der Waals surface area (Å²) >= 11 is 5.93. The van der Waals surface area contributed by atoms with Crippen molar-refractivity contribution >= 4 is 29.2 Å². The van der Waals surface area contributed by atoms with Gasteiger partial charge in [-0.1, -0.05) is 24.6 Å². The number of benzene rings is 1. The molecule has 5 heteroatoms. The van der Waals surface area contributed by atoms with Crippen LogP contribution in [0.15, 0.2) is 18.2 Å². The summed E-state index contributed by atoms with van der Waals surface area (Å²) in [5, 5.41) is 3.13. The molecule has 20 heavy (non-hydrogen) atoms. The fraction of sp³-hybridized carbons (Fsp3) is 0.467. The second-order valence-electron chi connectivity index (χ2n) is 5.50. The molecule has 0 aliphatic rings. The van der Waals surface area contributed by atoms with Gasteiger partial charge in [0.1, 0.15) is 11.4 Å². The van der Waals surface area contributed by atoms with Crippen LogP contribution < -0.4 is 5.32 Å². The second-order valence-corrected chi connectivity index (χ2v) is 5.93. The van der Waals surface area contributed by atoms with Crippen molar-refractivity contribution in [1.29, 1.82) is 0 Å². The first-order valence-electron chi connectivity index (χ1n) is 6.51. The summed E-state index contributed by atoms with van der Waals surface area (Å²) in [6.45, 7) is 7.16. The van der Waals surface area contributed by atoms with E-state index in [9.17, 15) is 9.59 Å². The SMILES string of the molecule is CCC(=O)Cc1ccc(Cl)cc1NC(=O)OC(C)(C)C. The van der Waals surface area contributed by atoms with Crippen LogP contribution >= 0.6 is 11.6 Å². The van der Waals surface area contributed by atoms with Crippen LogP contribution in [-0.2, 0) is 16.0 Å². The Morgan fingerprint density at radius 3 is 2.50 bits per heavy atom. The first-order valence-corrected chi connectivity index (χ1v) is 6.89. The summed E-state index contributed by atoms with van der Waals surface area (Å²) in [6.07, 6.45) is 0.151. The molecule has 0 spiro atoms. The Bertz CT molecular complexity index is 506. The fourth-order valence-corrected chi connectivity index (χ4v) is 1.74. The van der Waals surface area contributed by atoms with Crippen molar-refractivity contribution in [3.63, 3.8) is 0 Å². The maximum absolute atomic E-state index is 11.8. The molecule has 0 saturated heterocycles. The lowest BCUT2D eigenvalue weighted by atomic mass is 10.1. The number of hydrogen-bond donors (Lipinski definition) is 1. The van der Waals surface area contributed by atoms with E-state index in [4.69, 9.17) is 16.3 Å². The molecule has 0 heterocycles. The third kappa shape index (κ3) is 5.61. The van der Waals surface area contributed by atoms with Crippen LogP contribution in [0.2, 0.25) is 5.02 Å². The number of ether oxygens (including phenoxy) is 1. The standard InChI is InChI=1S/C15H20ClNO3/c1-5-12(18)8-10-6-7-11(16)9-13(10)17-14(19)20-15(2,3)4/h6-7,9H,5,8H2,1-4H3,(H,17,19).